The topological polar surface area (TPSA) is 35.2 Å². The highest BCUT2D eigenvalue weighted by atomic mass is 32.1. The number of rotatable bonds is 5. The zero-order valence-electron chi connectivity index (χ0n) is 12.0. The summed E-state index contributed by atoms with van der Waals surface area (Å²) in [5.41, 5.74) is 9.27. The molecule has 3 heteroatoms. The van der Waals surface area contributed by atoms with E-state index in [2.05, 4.69) is 32.9 Å². The minimum atomic E-state index is -0.150. The van der Waals surface area contributed by atoms with E-state index < -0.39 is 0 Å². The van der Waals surface area contributed by atoms with E-state index in [0.717, 1.165) is 12.2 Å². The van der Waals surface area contributed by atoms with Crippen LogP contribution in [0.2, 0.25) is 0 Å². The molecule has 0 aliphatic carbocycles. The van der Waals surface area contributed by atoms with Gasteiger partial charge in [0, 0.05) is 5.41 Å². The fourth-order valence-corrected chi connectivity index (χ4v) is 1.73. The van der Waals surface area contributed by atoms with Crippen LogP contribution in [0.5, 0.6) is 5.75 Å². The van der Waals surface area contributed by atoms with Gasteiger partial charge in [-0.3, -0.25) is 0 Å². The molecule has 18 heavy (non-hydrogen) atoms. The maximum Gasteiger partial charge on any atom is 0.122 e. The molecule has 1 rings (SSSR count). The van der Waals surface area contributed by atoms with Gasteiger partial charge in [0.1, 0.15) is 5.75 Å². The van der Waals surface area contributed by atoms with Gasteiger partial charge in [0.05, 0.1) is 11.6 Å². The molecular formula is C15H23NOS. The Morgan fingerprint density at radius 2 is 1.72 bits per heavy atom. The third-order valence-corrected chi connectivity index (χ3v) is 4.00. The van der Waals surface area contributed by atoms with Crippen molar-refractivity contribution >= 4 is 17.2 Å². The van der Waals surface area contributed by atoms with Crippen molar-refractivity contribution in [2.45, 2.75) is 41.0 Å². The largest absolute Gasteiger partial charge is 0.493 e. The van der Waals surface area contributed by atoms with Gasteiger partial charge in [0.15, 0.2) is 0 Å². The van der Waals surface area contributed by atoms with Gasteiger partial charge in [-0.15, -0.1) is 0 Å². The molecule has 2 N–H and O–H groups in total. The van der Waals surface area contributed by atoms with Crippen molar-refractivity contribution in [1.29, 1.82) is 0 Å². The molecule has 0 saturated heterocycles. The monoisotopic (exact) mass is 265 g/mol. The van der Waals surface area contributed by atoms with Gasteiger partial charge >= 0.3 is 0 Å². The SMILES string of the molecule is Cc1cc(C)c(OCCC(C)(C)C(N)=S)cc1C. The van der Waals surface area contributed by atoms with Crippen LogP contribution in [0, 0.1) is 26.2 Å². The van der Waals surface area contributed by atoms with Crippen molar-refractivity contribution in [2.75, 3.05) is 6.61 Å². The lowest BCUT2D eigenvalue weighted by Gasteiger charge is -2.23. The van der Waals surface area contributed by atoms with E-state index in [-0.39, 0.29) is 5.41 Å². The summed E-state index contributed by atoms with van der Waals surface area (Å²) in [5, 5.41) is 0. The Kier molecular flexibility index (Phi) is 4.74. The van der Waals surface area contributed by atoms with E-state index in [4.69, 9.17) is 22.7 Å². The van der Waals surface area contributed by atoms with Gasteiger partial charge in [-0.25, -0.2) is 0 Å². The summed E-state index contributed by atoms with van der Waals surface area (Å²) in [5.74, 6) is 0.955. The number of nitrogens with two attached hydrogens (primary N) is 1. The zero-order chi connectivity index (χ0) is 13.9. The van der Waals surface area contributed by atoms with Crippen molar-refractivity contribution in [3.8, 4) is 5.75 Å². The van der Waals surface area contributed by atoms with Crippen LogP contribution in [0.25, 0.3) is 0 Å². The highest BCUT2D eigenvalue weighted by Crippen LogP contribution is 2.25. The van der Waals surface area contributed by atoms with Crippen LogP contribution in [-0.4, -0.2) is 11.6 Å². The Balaban J connectivity index is 2.65. The molecule has 0 heterocycles. The number of thiocarbonyl (C=S) groups is 1. The van der Waals surface area contributed by atoms with E-state index in [9.17, 15) is 0 Å². The molecule has 0 radical (unpaired) electrons. The number of ether oxygens (including phenoxy) is 1. The third-order valence-electron chi connectivity index (χ3n) is 3.44. The first kappa shape index (κ1) is 15.0. The summed E-state index contributed by atoms with van der Waals surface area (Å²) in [6.45, 7) is 11.0. The van der Waals surface area contributed by atoms with Gasteiger partial charge < -0.3 is 10.5 Å². The smallest absolute Gasteiger partial charge is 0.122 e. The second-order valence-corrected chi connectivity index (χ2v) is 5.99. The summed E-state index contributed by atoms with van der Waals surface area (Å²) < 4.78 is 5.84. The molecule has 0 amide bonds. The van der Waals surface area contributed by atoms with Gasteiger partial charge in [0.2, 0.25) is 0 Å². The van der Waals surface area contributed by atoms with E-state index >= 15 is 0 Å². The molecule has 0 spiro atoms. The van der Waals surface area contributed by atoms with Crippen LogP contribution in [0.3, 0.4) is 0 Å². The van der Waals surface area contributed by atoms with Crippen molar-refractivity contribution in [1.82, 2.24) is 0 Å². The molecule has 1 aromatic carbocycles. The van der Waals surface area contributed by atoms with E-state index in [1.165, 1.54) is 16.7 Å². The Morgan fingerprint density at radius 1 is 1.17 bits per heavy atom. The number of hydrogen-bond donors (Lipinski definition) is 1. The fraction of sp³-hybridized carbons (Fsp3) is 0.533. The zero-order valence-corrected chi connectivity index (χ0v) is 12.8. The van der Waals surface area contributed by atoms with Crippen molar-refractivity contribution in [3.63, 3.8) is 0 Å². The average Bonchev–Trinajstić information content (AvgIpc) is 2.25. The maximum absolute atomic E-state index is 5.84. The molecule has 0 atom stereocenters. The lowest BCUT2D eigenvalue weighted by molar-refractivity contribution is 0.269. The van der Waals surface area contributed by atoms with Crippen molar-refractivity contribution < 1.29 is 4.74 Å². The molecule has 1 aromatic rings. The second-order valence-electron chi connectivity index (χ2n) is 5.55. The molecule has 2 nitrogen and oxygen atoms in total. The van der Waals surface area contributed by atoms with Crippen LogP contribution in [0.1, 0.15) is 37.0 Å². The molecule has 0 aliphatic rings. The second kappa shape index (κ2) is 5.70. The summed E-state index contributed by atoms with van der Waals surface area (Å²) in [6.07, 6.45) is 0.828. The Hall–Kier alpha value is -1.09. The van der Waals surface area contributed by atoms with Crippen LogP contribution in [-0.2, 0) is 0 Å². The normalized spacial score (nSPS) is 11.4. The summed E-state index contributed by atoms with van der Waals surface area (Å²) in [7, 11) is 0. The first-order valence-electron chi connectivity index (χ1n) is 6.24. The molecule has 0 aromatic heterocycles. The highest BCUT2D eigenvalue weighted by Gasteiger charge is 2.21. The van der Waals surface area contributed by atoms with Gasteiger partial charge in [-0.05, 0) is 49.9 Å². The van der Waals surface area contributed by atoms with Crippen molar-refractivity contribution in [2.24, 2.45) is 11.1 Å². The van der Waals surface area contributed by atoms with Gasteiger partial charge in [-0.2, -0.15) is 0 Å². The first-order chi connectivity index (χ1) is 8.24. The molecule has 0 aliphatic heterocycles. The highest BCUT2D eigenvalue weighted by molar-refractivity contribution is 7.80. The molecule has 100 valence electrons. The van der Waals surface area contributed by atoms with Gasteiger partial charge in [0.25, 0.3) is 0 Å². The number of hydrogen-bond acceptors (Lipinski definition) is 2. The minimum absolute atomic E-state index is 0.150. The molecule has 0 fully saturated rings. The van der Waals surface area contributed by atoms with Gasteiger partial charge in [-0.1, -0.05) is 32.1 Å². The summed E-state index contributed by atoms with van der Waals surface area (Å²) in [4.78, 5) is 0.544. The molecule has 0 unspecified atom stereocenters. The predicted molar refractivity (Wildman–Crippen MR) is 81.3 cm³/mol. The number of benzene rings is 1. The maximum atomic E-state index is 5.84. The van der Waals surface area contributed by atoms with Crippen LogP contribution in [0.15, 0.2) is 12.1 Å². The van der Waals surface area contributed by atoms with E-state index in [1.54, 1.807) is 0 Å². The lowest BCUT2D eigenvalue weighted by Crippen LogP contribution is -2.31. The summed E-state index contributed by atoms with van der Waals surface area (Å²) in [6, 6.07) is 4.25. The Bertz CT molecular complexity index is 452. The number of aryl methyl sites for hydroxylation is 3. The third kappa shape index (κ3) is 3.70. The molecular weight excluding hydrogens is 242 g/mol. The lowest BCUT2D eigenvalue weighted by atomic mass is 9.90. The average molecular weight is 265 g/mol. The minimum Gasteiger partial charge on any atom is -0.493 e. The molecule has 0 saturated carbocycles. The van der Waals surface area contributed by atoms with E-state index in [1.807, 2.05) is 13.8 Å². The quantitative estimate of drug-likeness (QED) is 0.825. The Labute approximate surface area is 116 Å². The van der Waals surface area contributed by atoms with E-state index in [0.29, 0.717) is 11.6 Å². The van der Waals surface area contributed by atoms with Crippen LogP contribution in [0.4, 0.5) is 0 Å². The first-order valence-corrected chi connectivity index (χ1v) is 6.65. The summed E-state index contributed by atoms with van der Waals surface area (Å²) >= 11 is 5.05. The van der Waals surface area contributed by atoms with Crippen LogP contribution >= 0.6 is 12.2 Å². The van der Waals surface area contributed by atoms with Crippen molar-refractivity contribution in [3.05, 3.63) is 28.8 Å². The Morgan fingerprint density at radius 3 is 2.28 bits per heavy atom. The fourth-order valence-electron chi connectivity index (χ4n) is 1.63. The standard InChI is InChI=1S/C15H23NOS/c1-10-8-12(3)13(9-11(10)2)17-7-6-15(4,5)14(16)18/h8-9H,6-7H2,1-5H3,(H2,16,18). The van der Waals surface area contributed by atoms with Crippen LogP contribution < -0.4 is 10.5 Å². The molecule has 0 bridgehead atoms. The predicted octanol–water partition coefficient (Wildman–Crippen LogP) is 3.69.